The average Bonchev–Trinajstić information content (AvgIpc) is 3.08. The maximum Gasteiger partial charge on any atom is 0.0637 e. The number of ether oxygens (including phenoxy) is 1. The normalized spacial score (nSPS) is 15.1. The van der Waals surface area contributed by atoms with Crippen LogP contribution in [-0.4, -0.2) is 26.3 Å². The summed E-state index contributed by atoms with van der Waals surface area (Å²) in [5, 5.41) is 0. The van der Waals surface area contributed by atoms with Gasteiger partial charge in [0.1, 0.15) is 0 Å². The number of nitrogens with two attached hydrogens (primary N) is 1. The Kier molecular flexibility index (Phi) is 3.34. The summed E-state index contributed by atoms with van der Waals surface area (Å²) in [5.74, 6) is 0. The lowest BCUT2D eigenvalue weighted by Gasteiger charge is -2.26. The van der Waals surface area contributed by atoms with Gasteiger partial charge >= 0.3 is 0 Å². The summed E-state index contributed by atoms with van der Waals surface area (Å²) < 4.78 is 5.17. The number of rotatable bonds is 5. The maximum absolute atomic E-state index is 5.86. The Bertz CT molecular complexity index is 361. The van der Waals surface area contributed by atoms with E-state index >= 15 is 0 Å². The second-order valence-electron chi connectivity index (χ2n) is 4.46. The van der Waals surface area contributed by atoms with Crippen molar-refractivity contribution in [3.63, 3.8) is 0 Å². The molecule has 3 nitrogen and oxygen atoms in total. The van der Waals surface area contributed by atoms with Crippen molar-refractivity contribution in [2.75, 3.05) is 30.9 Å². The van der Waals surface area contributed by atoms with E-state index in [1.165, 1.54) is 24.1 Å². The fraction of sp³-hybridized carbons (Fsp3) is 0.538. The number of hydrogen-bond acceptors (Lipinski definition) is 3. The van der Waals surface area contributed by atoms with Crippen molar-refractivity contribution in [2.24, 2.45) is 0 Å². The molecule has 88 valence electrons. The molecular weight excluding hydrogens is 200 g/mol. The highest BCUT2D eigenvalue weighted by atomic mass is 16.5. The van der Waals surface area contributed by atoms with Gasteiger partial charge < -0.3 is 15.4 Å². The van der Waals surface area contributed by atoms with Crippen LogP contribution in [0, 0.1) is 6.92 Å². The van der Waals surface area contributed by atoms with Crippen LogP contribution in [0.1, 0.15) is 18.4 Å². The monoisotopic (exact) mass is 220 g/mol. The van der Waals surface area contributed by atoms with Gasteiger partial charge in [0, 0.05) is 31.1 Å². The fourth-order valence-corrected chi connectivity index (χ4v) is 2.01. The largest absolute Gasteiger partial charge is 0.399 e. The van der Waals surface area contributed by atoms with Crippen molar-refractivity contribution in [3.8, 4) is 0 Å². The molecule has 0 unspecified atom stereocenters. The Morgan fingerprint density at radius 3 is 2.81 bits per heavy atom. The molecule has 0 spiro atoms. The van der Waals surface area contributed by atoms with Crippen LogP contribution in [-0.2, 0) is 4.74 Å². The molecule has 2 N–H and O–H groups in total. The molecular formula is C13H20N2O. The summed E-state index contributed by atoms with van der Waals surface area (Å²) in [6, 6.07) is 6.81. The lowest BCUT2D eigenvalue weighted by molar-refractivity contribution is 0.205. The molecule has 1 saturated carbocycles. The topological polar surface area (TPSA) is 38.5 Å². The first-order valence-corrected chi connectivity index (χ1v) is 5.84. The molecule has 1 aliphatic rings. The van der Waals surface area contributed by atoms with Gasteiger partial charge in [0.25, 0.3) is 0 Å². The summed E-state index contributed by atoms with van der Waals surface area (Å²) in [7, 11) is 1.75. The second-order valence-corrected chi connectivity index (χ2v) is 4.46. The van der Waals surface area contributed by atoms with Crippen LogP contribution in [0.25, 0.3) is 0 Å². The van der Waals surface area contributed by atoms with Crippen LogP contribution in [0.2, 0.25) is 0 Å². The van der Waals surface area contributed by atoms with Gasteiger partial charge in [0.2, 0.25) is 0 Å². The predicted molar refractivity (Wildman–Crippen MR) is 67.8 cm³/mol. The SMILES string of the molecule is COCCN(c1cc(N)ccc1C)C1CC1. The highest BCUT2D eigenvalue weighted by Gasteiger charge is 2.29. The van der Waals surface area contributed by atoms with Crippen LogP contribution in [0.5, 0.6) is 0 Å². The smallest absolute Gasteiger partial charge is 0.0637 e. The zero-order valence-electron chi connectivity index (χ0n) is 10.1. The molecule has 0 aliphatic heterocycles. The van der Waals surface area contributed by atoms with E-state index in [0.29, 0.717) is 6.04 Å². The van der Waals surface area contributed by atoms with Gasteiger partial charge in [-0.15, -0.1) is 0 Å². The van der Waals surface area contributed by atoms with E-state index in [0.717, 1.165) is 18.8 Å². The van der Waals surface area contributed by atoms with Crippen molar-refractivity contribution in [3.05, 3.63) is 23.8 Å². The van der Waals surface area contributed by atoms with Gasteiger partial charge in [-0.1, -0.05) is 6.07 Å². The summed E-state index contributed by atoms with van der Waals surface area (Å²) in [6.45, 7) is 3.85. The number of aryl methyl sites for hydroxylation is 1. The molecule has 1 aromatic rings. The van der Waals surface area contributed by atoms with Gasteiger partial charge in [0.05, 0.1) is 6.61 Å². The molecule has 0 heterocycles. The number of anilines is 2. The second kappa shape index (κ2) is 4.74. The minimum atomic E-state index is 0.690. The first-order chi connectivity index (χ1) is 7.72. The average molecular weight is 220 g/mol. The molecule has 1 aromatic carbocycles. The van der Waals surface area contributed by atoms with E-state index in [9.17, 15) is 0 Å². The van der Waals surface area contributed by atoms with Crippen molar-refractivity contribution >= 4 is 11.4 Å². The van der Waals surface area contributed by atoms with E-state index < -0.39 is 0 Å². The number of nitrogen functional groups attached to an aromatic ring is 1. The van der Waals surface area contributed by atoms with Crippen molar-refractivity contribution < 1.29 is 4.74 Å². The third kappa shape index (κ3) is 2.47. The Hall–Kier alpha value is -1.22. The van der Waals surface area contributed by atoms with E-state index in [-0.39, 0.29) is 0 Å². The third-order valence-corrected chi connectivity index (χ3v) is 3.07. The van der Waals surface area contributed by atoms with E-state index in [2.05, 4.69) is 24.0 Å². The van der Waals surface area contributed by atoms with Crippen LogP contribution in [0.4, 0.5) is 11.4 Å². The first kappa shape index (κ1) is 11.3. The molecule has 0 radical (unpaired) electrons. The van der Waals surface area contributed by atoms with Gasteiger partial charge in [-0.3, -0.25) is 0 Å². The zero-order valence-corrected chi connectivity index (χ0v) is 10.1. The number of nitrogens with zero attached hydrogens (tertiary/aromatic N) is 1. The van der Waals surface area contributed by atoms with Crippen LogP contribution in [0.15, 0.2) is 18.2 Å². The summed E-state index contributed by atoms with van der Waals surface area (Å²) in [5.41, 5.74) is 9.25. The molecule has 1 aliphatic carbocycles. The molecule has 3 heteroatoms. The van der Waals surface area contributed by atoms with Crippen molar-refractivity contribution in [1.29, 1.82) is 0 Å². The summed E-state index contributed by atoms with van der Waals surface area (Å²) >= 11 is 0. The predicted octanol–water partition coefficient (Wildman–Crippen LogP) is 2.19. The highest BCUT2D eigenvalue weighted by Crippen LogP contribution is 2.34. The van der Waals surface area contributed by atoms with Crippen LogP contribution in [0.3, 0.4) is 0 Å². The van der Waals surface area contributed by atoms with Crippen molar-refractivity contribution in [1.82, 2.24) is 0 Å². The lowest BCUT2D eigenvalue weighted by atomic mass is 10.1. The molecule has 0 bridgehead atoms. The Balaban J connectivity index is 2.19. The maximum atomic E-state index is 5.86. The molecule has 1 fully saturated rings. The zero-order chi connectivity index (χ0) is 11.5. The highest BCUT2D eigenvalue weighted by molar-refractivity contribution is 5.62. The van der Waals surface area contributed by atoms with Gasteiger partial charge in [-0.05, 0) is 37.5 Å². The minimum absolute atomic E-state index is 0.690. The number of methoxy groups -OCH3 is 1. The number of benzene rings is 1. The molecule has 0 aromatic heterocycles. The summed E-state index contributed by atoms with van der Waals surface area (Å²) in [6.07, 6.45) is 2.58. The first-order valence-electron chi connectivity index (χ1n) is 5.84. The Labute approximate surface area is 97.2 Å². The van der Waals surface area contributed by atoms with Gasteiger partial charge in [-0.2, -0.15) is 0 Å². The molecule has 0 atom stereocenters. The van der Waals surface area contributed by atoms with Gasteiger partial charge in [0.15, 0.2) is 0 Å². The van der Waals surface area contributed by atoms with Crippen LogP contribution < -0.4 is 10.6 Å². The lowest BCUT2D eigenvalue weighted by Crippen LogP contribution is -2.30. The molecule has 0 amide bonds. The quantitative estimate of drug-likeness (QED) is 0.773. The molecule has 16 heavy (non-hydrogen) atoms. The summed E-state index contributed by atoms with van der Waals surface area (Å²) in [4.78, 5) is 2.43. The Morgan fingerprint density at radius 1 is 1.44 bits per heavy atom. The molecule has 0 saturated heterocycles. The third-order valence-electron chi connectivity index (χ3n) is 3.07. The van der Waals surface area contributed by atoms with E-state index in [1.54, 1.807) is 7.11 Å². The van der Waals surface area contributed by atoms with E-state index in [1.807, 2.05) is 6.07 Å². The van der Waals surface area contributed by atoms with Crippen molar-refractivity contribution in [2.45, 2.75) is 25.8 Å². The fourth-order valence-electron chi connectivity index (χ4n) is 2.01. The minimum Gasteiger partial charge on any atom is -0.399 e. The molecule has 2 rings (SSSR count). The van der Waals surface area contributed by atoms with Crippen LogP contribution >= 0.6 is 0 Å². The number of hydrogen-bond donors (Lipinski definition) is 1. The standard InChI is InChI=1S/C13H20N2O/c1-10-3-4-11(14)9-13(10)15(7-8-16-2)12-5-6-12/h3-4,9,12H,5-8,14H2,1-2H3. The van der Waals surface area contributed by atoms with Gasteiger partial charge in [-0.25, -0.2) is 0 Å². The Morgan fingerprint density at radius 2 is 2.19 bits per heavy atom. The van der Waals surface area contributed by atoms with E-state index in [4.69, 9.17) is 10.5 Å².